The average molecular weight is 366 g/mol. The van der Waals surface area contributed by atoms with E-state index in [1.807, 2.05) is 0 Å². The molecular formula is C16H39NO4Si2. The van der Waals surface area contributed by atoms with Crippen molar-refractivity contribution < 1.29 is 17.7 Å². The Balaban J connectivity index is 4.22. The summed E-state index contributed by atoms with van der Waals surface area (Å²) >= 11 is 0. The van der Waals surface area contributed by atoms with Gasteiger partial charge in [0.25, 0.3) is 0 Å². The molecule has 0 radical (unpaired) electrons. The number of hydrogen-bond donors (Lipinski definition) is 1. The molecule has 0 saturated heterocycles. The lowest BCUT2D eigenvalue weighted by atomic mass is 9.99. The van der Waals surface area contributed by atoms with Crippen LogP contribution in [0.2, 0.25) is 24.2 Å². The second-order valence-electron chi connectivity index (χ2n) is 6.23. The van der Waals surface area contributed by atoms with Crippen LogP contribution < -0.4 is 5.73 Å². The summed E-state index contributed by atoms with van der Waals surface area (Å²) in [4.78, 5) is 0. The second kappa shape index (κ2) is 12.6. The SMILES string of the molecule is CC[Si](CCCC(CN)CCC[Si](CC)(OC)OC)(OC)OC. The minimum absolute atomic E-state index is 0.574. The van der Waals surface area contributed by atoms with E-state index in [4.69, 9.17) is 23.4 Å². The third kappa shape index (κ3) is 7.77. The summed E-state index contributed by atoms with van der Waals surface area (Å²) in [7, 11) is 3.23. The normalized spacial score (nSPS) is 13.0. The molecule has 0 aliphatic carbocycles. The smallest absolute Gasteiger partial charge is 0.337 e. The zero-order valence-corrected chi connectivity index (χ0v) is 18.2. The lowest BCUT2D eigenvalue weighted by Gasteiger charge is -2.28. The molecule has 0 amide bonds. The predicted octanol–water partition coefficient (Wildman–Crippen LogP) is 3.63. The van der Waals surface area contributed by atoms with Gasteiger partial charge in [0.2, 0.25) is 0 Å². The molecule has 0 unspecified atom stereocenters. The first kappa shape index (κ1) is 23.2. The maximum atomic E-state index is 5.97. The molecule has 2 N–H and O–H groups in total. The number of rotatable bonds is 15. The van der Waals surface area contributed by atoms with E-state index in [2.05, 4.69) is 13.8 Å². The van der Waals surface area contributed by atoms with Gasteiger partial charge in [-0.25, -0.2) is 0 Å². The quantitative estimate of drug-likeness (QED) is 0.449. The zero-order valence-electron chi connectivity index (χ0n) is 16.2. The minimum atomic E-state index is -1.95. The van der Waals surface area contributed by atoms with Crippen LogP contribution in [0.3, 0.4) is 0 Å². The van der Waals surface area contributed by atoms with E-state index in [1.54, 1.807) is 28.4 Å². The largest absolute Gasteiger partial charge is 0.398 e. The molecule has 0 fully saturated rings. The highest BCUT2D eigenvalue weighted by Crippen LogP contribution is 2.26. The van der Waals surface area contributed by atoms with Crippen LogP contribution in [0.25, 0.3) is 0 Å². The second-order valence-corrected chi connectivity index (χ2v) is 13.9. The highest BCUT2D eigenvalue weighted by Gasteiger charge is 2.34. The van der Waals surface area contributed by atoms with Crippen LogP contribution in [0.5, 0.6) is 0 Å². The third-order valence-corrected chi connectivity index (χ3v) is 12.6. The standard InChI is InChI=1S/C16H39NO4Si2/c1-7-22(18-3,19-4)13-9-11-16(15-17)12-10-14-23(8-2,20-5)21-6/h16H,7-15,17H2,1-6H3. The summed E-state index contributed by atoms with van der Waals surface area (Å²) in [5.41, 5.74) is 5.97. The topological polar surface area (TPSA) is 62.9 Å². The van der Waals surface area contributed by atoms with E-state index < -0.39 is 17.1 Å². The maximum Gasteiger partial charge on any atom is 0.337 e. The summed E-state index contributed by atoms with van der Waals surface area (Å²) in [6, 6.07) is 4.10. The molecule has 0 atom stereocenters. The molecule has 0 heterocycles. The summed E-state index contributed by atoms with van der Waals surface area (Å²) in [5.74, 6) is 0.574. The van der Waals surface area contributed by atoms with Crippen molar-refractivity contribution in [2.75, 3.05) is 35.0 Å². The third-order valence-electron chi connectivity index (χ3n) is 5.24. The van der Waals surface area contributed by atoms with Crippen LogP contribution in [-0.4, -0.2) is 52.1 Å². The summed E-state index contributed by atoms with van der Waals surface area (Å²) in [6.45, 7) is 5.06. The molecule has 140 valence electrons. The van der Waals surface area contributed by atoms with Gasteiger partial charge in [0.1, 0.15) is 0 Å². The first-order valence-corrected chi connectivity index (χ1v) is 13.4. The molecule has 0 aromatic heterocycles. The van der Waals surface area contributed by atoms with Crippen molar-refractivity contribution in [2.24, 2.45) is 11.7 Å². The molecule has 0 aromatic rings. The van der Waals surface area contributed by atoms with Crippen molar-refractivity contribution in [3.05, 3.63) is 0 Å². The molecule has 23 heavy (non-hydrogen) atoms. The molecule has 0 aliphatic rings. The summed E-state index contributed by atoms with van der Waals surface area (Å²) < 4.78 is 22.7. The van der Waals surface area contributed by atoms with Gasteiger partial charge in [0.05, 0.1) is 0 Å². The fourth-order valence-corrected chi connectivity index (χ4v) is 7.70. The highest BCUT2D eigenvalue weighted by molar-refractivity contribution is 6.67. The van der Waals surface area contributed by atoms with E-state index >= 15 is 0 Å². The molecule has 0 rings (SSSR count). The highest BCUT2D eigenvalue weighted by atomic mass is 28.4. The van der Waals surface area contributed by atoms with Gasteiger partial charge in [-0.15, -0.1) is 0 Å². The Morgan fingerprint density at radius 3 is 1.30 bits per heavy atom. The molecule has 7 heteroatoms. The van der Waals surface area contributed by atoms with E-state index in [0.29, 0.717) is 5.92 Å². The van der Waals surface area contributed by atoms with E-state index in [1.165, 1.54) is 0 Å². The fraction of sp³-hybridized carbons (Fsp3) is 1.00. The van der Waals surface area contributed by atoms with Crippen LogP contribution in [0, 0.1) is 5.92 Å². The molecule has 0 saturated carbocycles. The average Bonchev–Trinajstić information content (AvgIpc) is 2.61. The van der Waals surface area contributed by atoms with Crippen molar-refractivity contribution in [3.63, 3.8) is 0 Å². The van der Waals surface area contributed by atoms with Crippen molar-refractivity contribution in [1.29, 1.82) is 0 Å². The van der Waals surface area contributed by atoms with Gasteiger partial charge in [0.15, 0.2) is 0 Å². The molecule has 0 aliphatic heterocycles. The Bertz CT molecular complexity index is 245. The molecular weight excluding hydrogens is 326 g/mol. The number of nitrogens with two attached hydrogens (primary N) is 1. The monoisotopic (exact) mass is 365 g/mol. The van der Waals surface area contributed by atoms with Crippen molar-refractivity contribution in [3.8, 4) is 0 Å². The maximum absolute atomic E-state index is 5.97. The van der Waals surface area contributed by atoms with Crippen molar-refractivity contribution in [2.45, 2.75) is 63.7 Å². The Kier molecular flexibility index (Phi) is 12.7. The fourth-order valence-electron chi connectivity index (χ4n) is 3.21. The Morgan fingerprint density at radius 1 is 0.739 bits per heavy atom. The first-order chi connectivity index (χ1) is 11.0. The first-order valence-electron chi connectivity index (χ1n) is 8.91. The molecule has 0 aromatic carbocycles. The molecule has 5 nitrogen and oxygen atoms in total. The van der Waals surface area contributed by atoms with Crippen LogP contribution >= 0.6 is 0 Å². The number of hydrogen-bond acceptors (Lipinski definition) is 5. The van der Waals surface area contributed by atoms with Gasteiger partial charge in [-0.05, 0) is 49.5 Å². The lowest BCUT2D eigenvalue weighted by molar-refractivity contribution is 0.238. The van der Waals surface area contributed by atoms with Crippen LogP contribution in [0.1, 0.15) is 39.5 Å². The van der Waals surface area contributed by atoms with Gasteiger partial charge in [-0.2, -0.15) is 0 Å². The van der Waals surface area contributed by atoms with Crippen molar-refractivity contribution >= 4 is 17.1 Å². The van der Waals surface area contributed by atoms with E-state index in [0.717, 1.165) is 56.4 Å². The lowest BCUT2D eigenvalue weighted by Crippen LogP contribution is -2.39. The van der Waals surface area contributed by atoms with Gasteiger partial charge in [-0.1, -0.05) is 26.7 Å². The molecule has 0 bridgehead atoms. The Labute approximate surface area is 145 Å². The van der Waals surface area contributed by atoms with Crippen LogP contribution in [0.4, 0.5) is 0 Å². The summed E-state index contributed by atoms with van der Waals surface area (Å²) in [6.07, 6.45) is 4.57. The predicted molar refractivity (Wildman–Crippen MR) is 101 cm³/mol. The Hall–Kier alpha value is 0.234. The van der Waals surface area contributed by atoms with Gasteiger partial charge in [0, 0.05) is 28.4 Å². The zero-order chi connectivity index (χ0) is 17.8. The van der Waals surface area contributed by atoms with Gasteiger partial charge >= 0.3 is 17.1 Å². The van der Waals surface area contributed by atoms with Gasteiger partial charge in [-0.3, -0.25) is 0 Å². The summed E-state index contributed by atoms with van der Waals surface area (Å²) in [5, 5.41) is 0. The van der Waals surface area contributed by atoms with E-state index in [9.17, 15) is 0 Å². The molecule has 0 spiro atoms. The van der Waals surface area contributed by atoms with Crippen LogP contribution in [0.15, 0.2) is 0 Å². The minimum Gasteiger partial charge on any atom is -0.398 e. The van der Waals surface area contributed by atoms with Gasteiger partial charge < -0.3 is 23.4 Å². The van der Waals surface area contributed by atoms with E-state index in [-0.39, 0.29) is 0 Å². The van der Waals surface area contributed by atoms with Crippen LogP contribution in [-0.2, 0) is 17.7 Å². The van der Waals surface area contributed by atoms with Crippen molar-refractivity contribution in [1.82, 2.24) is 0 Å². The Morgan fingerprint density at radius 2 is 1.09 bits per heavy atom.